The first kappa shape index (κ1) is 17.5. The highest BCUT2D eigenvalue weighted by atomic mass is 35.5. The van der Waals surface area contributed by atoms with Crippen LogP contribution >= 0.6 is 12.4 Å². The molecular formula is C18H31ClN2O2. The molecule has 1 aliphatic heterocycles. The summed E-state index contributed by atoms with van der Waals surface area (Å²) in [6.45, 7) is 7.44. The largest absolute Gasteiger partial charge is 0.373 e. The summed E-state index contributed by atoms with van der Waals surface area (Å²) in [5.41, 5.74) is 6.45. The lowest BCUT2D eigenvalue weighted by Crippen LogP contribution is -2.62. The second-order valence-corrected chi connectivity index (χ2v) is 9.39. The van der Waals surface area contributed by atoms with E-state index in [0.29, 0.717) is 36.4 Å². The van der Waals surface area contributed by atoms with Crippen LogP contribution in [-0.4, -0.2) is 43.2 Å². The molecule has 5 fully saturated rings. The summed E-state index contributed by atoms with van der Waals surface area (Å²) in [4.78, 5) is 15.5. The van der Waals surface area contributed by atoms with Crippen molar-refractivity contribution >= 4 is 18.3 Å². The summed E-state index contributed by atoms with van der Waals surface area (Å²) in [6.07, 6.45) is 7.36. The van der Waals surface area contributed by atoms with Gasteiger partial charge in [-0.05, 0) is 55.3 Å². The molecule has 5 rings (SSSR count). The van der Waals surface area contributed by atoms with Gasteiger partial charge < -0.3 is 15.4 Å². The Hall–Kier alpha value is -0.320. The number of nitrogens with two attached hydrogens (primary N) is 1. The van der Waals surface area contributed by atoms with Crippen molar-refractivity contribution < 1.29 is 9.53 Å². The molecule has 3 unspecified atom stereocenters. The fraction of sp³-hybridized carbons (Fsp3) is 0.944. The van der Waals surface area contributed by atoms with Crippen LogP contribution in [0, 0.1) is 22.2 Å². The van der Waals surface area contributed by atoms with E-state index >= 15 is 0 Å². The second kappa shape index (κ2) is 5.60. The number of nitrogens with zero attached hydrogens (tertiary/aromatic N) is 1. The van der Waals surface area contributed by atoms with Crippen molar-refractivity contribution in [2.75, 3.05) is 26.2 Å². The van der Waals surface area contributed by atoms with Crippen LogP contribution in [0.2, 0.25) is 0 Å². The monoisotopic (exact) mass is 342 g/mol. The summed E-state index contributed by atoms with van der Waals surface area (Å²) < 4.78 is 5.65. The molecule has 1 amide bonds. The molecular weight excluding hydrogens is 312 g/mol. The van der Waals surface area contributed by atoms with Gasteiger partial charge in [0.05, 0.1) is 18.1 Å². The third-order valence-electron chi connectivity index (χ3n) is 6.77. The Balaban J connectivity index is 0.00000156. The number of hydrogen-bond donors (Lipinski definition) is 1. The highest BCUT2D eigenvalue weighted by Gasteiger charge is 2.63. The number of carbonyl (C=O) groups excluding carboxylic acids is 1. The Bertz CT molecular complexity index is 479. The smallest absolute Gasteiger partial charge is 0.229 e. The van der Waals surface area contributed by atoms with Crippen LogP contribution in [-0.2, 0) is 9.53 Å². The Morgan fingerprint density at radius 3 is 2.39 bits per heavy atom. The number of amides is 1. The maximum Gasteiger partial charge on any atom is 0.229 e. The standard InChI is InChI=1S/C18H30N2O2.ClH/c1-16-5-13-6-17(2,10-16)12-18(7-13,11-16)15(21)20-3-4-22-14(8-19)9-20;/h13-14H,3-12,19H2,1-2H3;1H. The Kier molecular flexibility index (Phi) is 4.26. The third kappa shape index (κ3) is 2.81. The van der Waals surface area contributed by atoms with E-state index in [-0.39, 0.29) is 23.9 Å². The normalized spacial score (nSPS) is 48.2. The molecule has 0 radical (unpaired) electrons. The second-order valence-electron chi connectivity index (χ2n) is 9.39. The molecule has 0 aromatic rings. The van der Waals surface area contributed by atoms with Gasteiger partial charge in [0.15, 0.2) is 0 Å². The highest BCUT2D eigenvalue weighted by molar-refractivity contribution is 5.85. The molecule has 0 aromatic carbocycles. The molecule has 2 N–H and O–H groups in total. The fourth-order valence-electron chi connectivity index (χ4n) is 7.07. The lowest BCUT2D eigenvalue weighted by atomic mass is 9.40. The summed E-state index contributed by atoms with van der Waals surface area (Å²) in [5.74, 6) is 1.18. The average molecular weight is 343 g/mol. The molecule has 132 valence electrons. The molecule has 4 aliphatic carbocycles. The van der Waals surface area contributed by atoms with E-state index in [1.807, 2.05) is 0 Å². The number of hydrogen-bond acceptors (Lipinski definition) is 3. The van der Waals surface area contributed by atoms with Gasteiger partial charge in [0.25, 0.3) is 0 Å². The van der Waals surface area contributed by atoms with Gasteiger partial charge in [-0.25, -0.2) is 0 Å². The molecule has 0 spiro atoms. The Morgan fingerprint density at radius 2 is 1.83 bits per heavy atom. The van der Waals surface area contributed by atoms with Crippen LogP contribution < -0.4 is 5.73 Å². The van der Waals surface area contributed by atoms with Crippen LogP contribution in [0.3, 0.4) is 0 Å². The van der Waals surface area contributed by atoms with Gasteiger partial charge in [0, 0.05) is 19.6 Å². The molecule has 5 aliphatic rings. The van der Waals surface area contributed by atoms with Crippen molar-refractivity contribution in [1.29, 1.82) is 0 Å². The summed E-state index contributed by atoms with van der Waals surface area (Å²) in [6, 6.07) is 0. The van der Waals surface area contributed by atoms with Gasteiger partial charge in [-0.3, -0.25) is 4.79 Å². The van der Waals surface area contributed by atoms with E-state index in [0.717, 1.165) is 31.7 Å². The molecule has 5 heteroatoms. The van der Waals surface area contributed by atoms with Crippen LogP contribution in [0.15, 0.2) is 0 Å². The van der Waals surface area contributed by atoms with Gasteiger partial charge in [0.2, 0.25) is 5.91 Å². The minimum Gasteiger partial charge on any atom is -0.373 e. The zero-order chi connectivity index (χ0) is 15.6. The highest BCUT2D eigenvalue weighted by Crippen LogP contribution is 2.69. The fourth-order valence-corrected chi connectivity index (χ4v) is 7.07. The predicted octanol–water partition coefficient (Wildman–Crippen LogP) is 2.59. The van der Waals surface area contributed by atoms with E-state index < -0.39 is 0 Å². The molecule has 4 saturated carbocycles. The van der Waals surface area contributed by atoms with Crippen LogP contribution in [0.1, 0.15) is 52.4 Å². The lowest BCUT2D eigenvalue weighted by molar-refractivity contribution is -0.184. The van der Waals surface area contributed by atoms with E-state index in [1.165, 1.54) is 19.3 Å². The molecule has 1 saturated heterocycles. The minimum atomic E-state index is -0.0839. The van der Waals surface area contributed by atoms with E-state index in [9.17, 15) is 4.79 Å². The van der Waals surface area contributed by atoms with Gasteiger partial charge in [-0.1, -0.05) is 13.8 Å². The number of rotatable bonds is 2. The van der Waals surface area contributed by atoms with Crippen molar-refractivity contribution in [3.63, 3.8) is 0 Å². The third-order valence-corrected chi connectivity index (χ3v) is 6.77. The van der Waals surface area contributed by atoms with Gasteiger partial charge in [0.1, 0.15) is 0 Å². The first-order valence-electron chi connectivity index (χ1n) is 8.97. The molecule has 0 aromatic heterocycles. The van der Waals surface area contributed by atoms with Crippen molar-refractivity contribution in [2.45, 2.75) is 58.5 Å². The summed E-state index contributed by atoms with van der Waals surface area (Å²) in [7, 11) is 0. The predicted molar refractivity (Wildman–Crippen MR) is 92.5 cm³/mol. The Labute approximate surface area is 145 Å². The number of carbonyl (C=O) groups is 1. The van der Waals surface area contributed by atoms with Crippen molar-refractivity contribution in [2.24, 2.45) is 27.9 Å². The van der Waals surface area contributed by atoms with Crippen LogP contribution in [0.5, 0.6) is 0 Å². The van der Waals surface area contributed by atoms with Gasteiger partial charge in [-0.2, -0.15) is 0 Å². The van der Waals surface area contributed by atoms with Gasteiger partial charge in [-0.15, -0.1) is 12.4 Å². The minimum absolute atomic E-state index is 0. The molecule has 3 atom stereocenters. The Morgan fingerprint density at radius 1 is 1.17 bits per heavy atom. The first-order chi connectivity index (χ1) is 10.4. The van der Waals surface area contributed by atoms with E-state index in [1.54, 1.807) is 0 Å². The SMILES string of the molecule is CC12CC3CC(C)(C1)CC(C(=O)N1CCOC(CN)C1)(C3)C2.Cl. The van der Waals surface area contributed by atoms with Gasteiger partial charge >= 0.3 is 0 Å². The van der Waals surface area contributed by atoms with Crippen LogP contribution in [0.4, 0.5) is 0 Å². The zero-order valence-corrected chi connectivity index (χ0v) is 15.3. The molecule has 4 bridgehead atoms. The van der Waals surface area contributed by atoms with Crippen molar-refractivity contribution in [3.8, 4) is 0 Å². The zero-order valence-electron chi connectivity index (χ0n) is 14.5. The number of halogens is 1. The molecule has 1 heterocycles. The molecule has 4 nitrogen and oxygen atoms in total. The maximum atomic E-state index is 13.4. The van der Waals surface area contributed by atoms with Crippen molar-refractivity contribution in [3.05, 3.63) is 0 Å². The van der Waals surface area contributed by atoms with Crippen molar-refractivity contribution in [1.82, 2.24) is 4.90 Å². The summed E-state index contributed by atoms with van der Waals surface area (Å²) in [5, 5.41) is 0. The maximum absolute atomic E-state index is 13.4. The topological polar surface area (TPSA) is 55.6 Å². The quantitative estimate of drug-likeness (QED) is 0.839. The lowest BCUT2D eigenvalue weighted by Gasteiger charge is -2.65. The van der Waals surface area contributed by atoms with E-state index in [4.69, 9.17) is 10.5 Å². The van der Waals surface area contributed by atoms with E-state index in [2.05, 4.69) is 18.7 Å². The van der Waals surface area contributed by atoms with Crippen LogP contribution in [0.25, 0.3) is 0 Å². The number of morpholine rings is 1. The first-order valence-corrected chi connectivity index (χ1v) is 8.97. The number of ether oxygens (including phenoxy) is 1. The summed E-state index contributed by atoms with van der Waals surface area (Å²) >= 11 is 0. The molecule has 23 heavy (non-hydrogen) atoms. The average Bonchev–Trinajstić information content (AvgIpc) is 2.42.